The Morgan fingerprint density at radius 1 is 1.19 bits per heavy atom. The van der Waals surface area contributed by atoms with Crippen LogP contribution in [0.4, 0.5) is 5.82 Å². The summed E-state index contributed by atoms with van der Waals surface area (Å²) < 4.78 is 7.13. The minimum atomic E-state index is 0.348. The number of nitrogens with two attached hydrogens (primary N) is 1. The zero-order chi connectivity index (χ0) is 14.8. The van der Waals surface area contributed by atoms with Crippen LogP contribution in [-0.2, 0) is 24.8 Å². The quantitative estimate of drug-likeness (QED) is 0.788. The van der Waals surface area contributed by atoms with Gasteiger partial charge in [0.2, 0.25) is 0 Å². The fourth-order valence-electron chi connectivity index (χ4n) is 2.37. The molecule has 1 aromatic carbocycles. The zero-order valence-electron chi connectivity index (χ0n) is 12.1. The van der Waals surface area contributed by atoms with E-state index in [0.29, 0.717) is 24.7 Å². The van der Waals surface area contributed by atoms with Crippen molar-refractivity contribution in [3.63, 3.8) is 0 Å². The Bertz CT molecular complexity index is 781. The zero-order valence-corrected chi connectivity index (χ0v) is 12.1. The Morgan fingerprint density at radius 2 is 2.00 bits per heavy atom. The maximum atomic E-state index is 5.82. The van der Waals surface area contributed by atoms with E-state index >= 15 is 0 Å². The predicted octanol–water partition coefficient (Wildman–Crippen LogP) is 1.68. The average molecular weight is 283 g/mol. The molecular weight excluding hydrogens is 266 g/mol. The minimum absolute atomic E-state index is 0.348. The minimum Gasteiger partial charge on any atom is -0.384 e. The summed E-state index contributed by atoms with van der Waals surface area (Å²) in [7, 11) is 3.61. The van der Waals surface area contributed by atoms with E-state index in [9.17, 15) is 0 Å². The number of ether oxygens (including phenoxy) is 1. The average Bonchev–Trinajstić information content (AvgIpc) is 2.76. The highest BCUT2D eigenvalue weighted by molar-refractivity contribution is 5.75. The number of imidazole rings is 1. The van der Waals surface area contributed by atoms with Crippen molar-refractivity contribution in [2.45, 2.75) is 13.0 Å². The smallest absolute Gasteiger partial charge is 0.156 e. The maximum absolute atomic E-state index is 5.82. The first-order valence-electron chi connectivity index (χ1n) is 6.69. The van der Waals surface area contributed by atoms with Gasteiger partial charge in [0.05, 0.1) is 16.7 Å². The van der Waals surface area contributed by atoms with Gasteiger partial charge >= 0.3 is 0 Å². The highest BCUT2D eigenvalue weighted by atomic mass is 16.5. The lowest BCUT2D eigenvalue weighted by Gasteiger charge is -2.06. The van der Waals surface area contributed by atoms with Crippen LogP contribution in [0.1, 0.15) is 17.3 Å². The number of aryl methyl sites for hydroxylation is 1. The number of hydrogen-bond acceptors (Lipinski definition) is 5. The summed E-state index contributed by atoms with van der Waals surface area (Å²) in [5, 5.41) is 0. The van der Waals surface area contributed by atoms with Gasteiger partial charge in [-0.15, -0.1) is 0 Å². The number of rotatable bonds is 4. The lowest BCUT2D eigenvalue weighted by Crippen LogP contribution is -2.07. The van der Waals surface area contributed by atoms with Gasteiger partial charge in [-0.05, 0) is 12.1 Å². The molecule has 0 radical (unpaired) electrons. The van der Waals surface area contributed by atoms with Gasteiger partial charge < -0.3 is 15.0 Å². The van der Waals surface area contributed by atoms with Crippen LogP contribution in [0.3, 0.4) is 0 Å². The molecule has 0 atom stereocenters. The molecule has 21 heavy (non-hydrogen) atoms. The number of hydrogen-bond donors (Lipinski definition) is 1. The van der Waals surface area contributed by atoms with E-state index in [0.717, 1.165) is 22.6 Å². The van der Waals surface area contributed by atoms with Crippen LogP contribution in [0.15, 0.2) is 30.3 Å². The normalized spacial score (nSPS) is 11.1. The van der Waals surface area contributed by atoms with Gasteiger partial charge in [-0.2, -0.15) is 0 Å². The third-order valence-corrected chi connectivity index (χ3v) is 3.34. The van der Waals surface area contributed by atoms with Gasteiger partial charge in [0.15, 0.2) is 5.82 Å². The van der Waals surface area contributed by atoms with Crippen molar-refractivity contribution in [2.24, 2.45) is 7.05 Å². The van der Waals surface area contributed by atoms with E-state index in [4.69, 9.17) is 10.5 Å². The highest BCUT2D eigenvalue weighted by Crippen LogP contribution is 2.17. The second kappa shape index (κ2) is 5.49. The highest BCUT2D eigenvalue weighted by Gasteiger charge is 2.10. The van der Waals surface area contributed by atoms with Gasteiger partial charge in [0.1, 0.15) is 18.2 Å². The van der Waals surface area contributed by atoms with Gasteiger partial charge in [-0.3, -0.25) is 0 Å². The summed E-state index contributed by atoms with van der Waals surface area (Å²) in [4.78, 5) is 13.2. The Hall–Kier alpha value is -2.47. The molecule has 108 valence electrons. The Morgan fingerprint density at radius 3 is 2.76 bits per heavy atom. The molecule has 0 bridgehead atoms. The number of nitrogens with zero attached hydrogens (tertiary/aromatic N) is 4. The summed E-state index contributed by atoms with van der Waals surface area (Å²) in [5.74, 6) is 1.98. The van der Waals surface area contributed by atoms with E-state index in [1.54, 1.807) is 13.2 Å². The lowest BCUT2D eigenvalue weighted by atomic mass is 10.2. The van der Waals surface area contributed by atoms with Crippen LogP contribution in [0.25, 0.3) is 11.0 Å². The van der Waals surface area contributed by atoms with E-state index in [2.05, 4.69) is 25.6 Å². The molecular formula is C15H17N5O. The molecule has 0 aliphatic rings. The molecule has 3 rings (SSSR count). The molecule has 0 spiro atoms. The van der Waals surface area contributed by atoms with Gasteiger partial charge in [-0.1, -0.05) is 12.1 Å². The molecule has 0 amide bonds. The number of methoxy groups -OCH3 is 1. The third-order valence-electron chi connectivity index (χ3n) is 3.34. The van der Waals surface area contributed by atoms with Gasteiger partial charge in [0, 0.05) is 26.6 Å². The summed E-state index contributed by atoms with van der Waals surface area (Å²) in [6.45, 7) is 0.348. The molecule has 2 N–H and O–H groups in total. The molecule has 0 unspecified atom stereocenters. The Balaban J connectivity index is 1.96. The van der Waals surface area contributed by atoms with E-state index in [1.165, 1.54) is 0 Å². The fraction of sp³-hybridized carbons (Fsp3) is 0.267. The molecule has 0 aliphatic carbocycles. The summed E-state index contributed by atoms with van der Waals surface area (Å²) in [6.07, 6.45) is 0.606. The van der Waals surface area contributed by atoms with Gasteiger partial charge in [0.25, 0.3) is 0 Å². The molecule has 2 heterocycles. The topological polar surface area (TPSA) is 78.9 Å². The number of nitrogen functional groups attached to an aromatic ring is 1. The van der Waals surface area contributed by atoms with Crippen LogP contribution in [0.2, 0.25) is 0 Å². The molecule has 0 aliphatic heterocycles. The SMILES string of the molecule is COCc1nc(N)cc(Cc2nc3ccccc3n2C)n1. The van der Waals surface area contributed by atoms with Crippen molar-refractivity contribution >= 4 is 16.9 Å². The van der Waals surface area contributed by atoms with Crippen LogP contribution < -0.4 is 5.73 Å². The molecule has 6 heteroatoms. The van der Waals surface area contributed by atoms with Crippen LogP contribution >= 0.6 is 0 Å². The van der Waals surface area contributed by atoms with E-state index < -0.39 is 0 Å². The summed E-state index contributed by atoms with van der Waals surface area (Å²) in [6, 6.07) is 9.82. The van der Waals surface area contributed by atoms with Crippen molar-refractivity contribution in [3.8, 4) is 0 Å². The van der Waals surface area contributed by atoms with Crippen LogP contribution in [0.5, 0.6) is 0 Å². The Labute approximate surface area is 122 Å². The standard InChI is InChI=1S/C15H17N5O/c1-20-12-6-4-3-5-11(12)18-15(20)8-10-7-13(16)19-14(17-10)9-21-2/h3-7H,8-9H2,1-2H3,(H2,16,17,19). The van der Waals surface area contributed by atoms with Crippen molar-refractivity contribution in [2.75, 3.05) is 12.8 Å². The predicted molar refractivity (Wildman–Crippen MR) is 80.7 cm³/mol. The molecule has 2 aromatic heterocycles. The number of benzene rings is 1. The maximum Gasteiger partial charge on any atom is 0.156 e. The molecule has 6 nitrogen and oxygen atoms in total. The second-order valence-electron chi connectivity index (χ2n) is 4.89. The number of fused-ring (bicyclic) bond motifs is 1. The number of para-hydroxylation sites is 2. The van der Waals surface area contributed by atoms with Crippen molar-refractivity contribution in [1.82, 2.24) is 19.5 Å². The van der Waals surface area contributed by atoms with Crippen LogP contribution in [-0.4, -0.2) is 26.6 Å². The molecule has 3 aromatic rings. The number of anilines is 1. The fourth-order valence-corrected chi connectivity index (χ4v) is 2.37. The van der Waals surface area contributed by atoms with Crippen LogP contribution in [0, 0.1) is 0 Å². The first-order chi connectivity index (χ1) is 10.2. The Kier molecular flexibility index (Phi) is 3.53. The monoisotopic (exact) mass is 283 g/mol. The number of aromatic nitrogens is 4. The van der Waals surface area contributed by atoms with Crippen molar-refractivity contribution in [1.29, 1.82) is 0 Å². The molecule has 0 fully saturated rings. The van der Waals surface area contributed by atoms with E-state index in [-0.39, 0.29) is 0 Å². The van der Waals surface area contributed by atoms with Gasteiger partial charge in [-0.25, -0.2) is 15.0 Å². The second-order valence-corrected chi connectivity index (χ2v) is 4.89. The largest absolute Gasteiger partial charge is 0.384 e. The lowest BCUT2D eigenvalue weighted by molar-refractivity contribution is 0.177. The van der Waals surface area contributed by atoms with E-state index in [1.807, 2.05) is 25.2 Å². The summed E-state index contributed by atoms with van der Waals surface area (Å²) >= 11 is 0. The summed E-state index contributed by atoms with van der Waals surface area (Å²) in [5.41, 5.74) is 8.75. The first kappa shape index (κ1) is 13.5. The van der Waals surface area contributed by atoms with Crippen molar-refractivity contribution < 1.29 is 4.74 Å². The molecule has 0 saturated carbocycles. The first-order valence-corrected chi connectivity index (χ1v) is 6.69. The third kappa shape index (κ3) is 2.71. The van der Waals surface area contributed by atoms with Crippen molar-refractivity contribution in [3.05, 3.63) is 47.7 Å². The molecule has 0 saturated heterocycles.